The number of benzene rings is 1. The van der Waals surface area contributed by atoms with Gasteiger partial charge in [0, 0.05) is 23.9 Å². The van der Waals surface area contributed by atoms with Crippen LogP contribution in [0.25, 0.3) is 10.7 Å². The van der Waals surface area contributed by atoms with Gasteiger partial charge in [0.2, 0.25) is 5.91 Å². The van der Waals surface area contributed by atoms with Crippen LogP contribution in [0.4, 0.5) is 5.69 Å². The molecule has 2 heterocycles. The van der Waals surface area contributed by atoms with Gasteiger partial charge in [-0.15, -0.1) is 21.5 Å². The normalized spacial score (nSPS) is 13.3. The largest absolute Gasteiger partial charge is 0.326 e. The predicted octanol–water partition coefficient (Wildman–Crippen LogP) is 4.99. The zero-order valence-electron chi connectivity index (χ0n) is 14.8. The van der Waals surface area contributed by atoms with Crippen molar-refractivity contribution < 1.29 is 4.79 Å². The fraction of sp³-hybridized carbons (Fsp3) is 0.263. The number of hydrogen-bond acceptors (Lipinski definition) is 6. The second-order valence-electron chi connectivity index (χ2n) is 6.34. The Labute approximate surface area is 175 Å². The topological polar surface area (TPSA) is 83.6 Å². The second-order valence-corrected chi connectivity index (χ2v) is 8.75. The quantitative estimate of drug-likeness (QED) is 0.535. The molecule has 1 aliphatic rings. The van der Waals surface area contributed by atoms with Crippen LogP contribution in [-0.2, 0) is 4.79 Å². The lowest BCUT2D eigenvalue weighted by molar-refractivity contribution is -0.115. The molecule has 0 radical (unpaired) electrons. The highest BCUT2D eigenvalue weighted by Gasteiger charge is 2.30. The number of hydrogen-bond donors (Lipinski definition) is 1. The number of aromatic nitrogens is 3. The fourth-order valence-corrected chi connectivity index (χ4v) is 4.62. The molecule has 9 heteroatoms. The molecule has 3 aromatic rings. The summed E-state index contributed by atoms with van der Waals surface area (Å²) in [4.78, 5) is 13.3. The summed E-state index contributed by atoms with van der Waals surface area (Å²) in [5, 5.41) is 23.7. The molecule has 1 saturated carbocycles. The smallest absolute Gasteiger partial charge is 0.225 e. The number of nitrogens with one attached hydrogen (secondary N) is 1. The Morgan fingerprint density at radius 1 is 1.39 bits per heavy atom. The van der Waals surface area contributed by atoms with Crippen LogP contribution < -0.4 is 5.32 Å². The molecule has 142 valence electrons. The molecule has 1 fully saturated rings. The van der Waals surface area contributed by atoms with E-state index in [1.54, 1.807) is 41.3 Å². The number of nitriles is 1. The highest BCUT2D eigenvalue weighted by Crippen LogP contribution is 2.41. The van der Waals surface area contributed by atoms with Crippen molar-refractivity contribution in [3.63, 3.8) is 0 Å². The van der Waals surface area contributed by atoms with E-state index in [9.17, 15) is 4.79 Å². The fourth-order valence-electron chi connectivity index (χ4n) is 2.75. The van der Waals surface area contributed by atoms with Crippen molar-refractivity contribution >= 4 is 46.3 Å². The van der Waals surface area contributed by atoms with Gasteiger partial charge in [-0.2, -0.15) is 5.26 Å². The molecular weight excluding hydrogens is 414 g/mol. The molecule has 1 N–H and O–H groups in total. The van der Waals surface area contributed by atoms with Crippen molar-refractivity contribution in [2.75, 3.05) is 11.1 Å². The molecule has 28 heavy (non-hydrogen) atoms. The molecule has 1 aromatic carbocycles. The molecule has 4 rings (SSSR count). The van der Waals surface area contributed by atoms with Crippen molar-refractivity contribution in [3.8, 4) is 16.8 Å². The summed E-state index contributed by atoms with van der Waals surface area (Å²) < 4.78 is 2.20. The van der Waals surface area contributed by atoms with Gasteiger partial charge in [0.15, 0.2) is 11.0 Å². The van der Waals surface area contributed by atoms with Gasteiger partial charge in [0.05, 0.1) is 15.5 Å². The first-order valence-electron chi connectivity index (χ1n) is 8.77. The van der Waals surface area contributed by atoms with Crippen LogP contribution in [0.2, 0.25) is 5.02 Å². The van der Waals surface area contributed by atoms with Crippen LogP contribution >= 0.6 is 34.7 Å². The minimum Gasteiger partial charge on any atom is -0.326 e. The SMILES string of the molecule is N#Cc1ccc(NC(=O)CCSc2nnc(-c3cccs3)n2C2CC2)cc1Cl. The molecule has 0 saturated heterocycles. The minimum atomic E-state index is -0.107. The van der Waals surface area contributed by atoms with E-state index in [2.05, 4.69) is 26.1 Å². The molecular formula is C19H16ClN5OS2. The van der Waals surface area contributed by atoms with Gasteiger partial charge in [-0.05, 0) is 42.5 Å². The van der Waals surface area contributed by atoms with Crippen LogP contribution in [0.3, 0.4) is 0 Å². The summed E-state index contributed by atoms with van der Waals surface area (Å²) in [6.07, 6.45) is 2.63. The number of carbonyl (C=O) groups is 1. The Morgan fingerprint density at radius 3 is 2.93 bits per heavy atom. The lowest BCUT2D eigenvalue weighted by atomic mass is 10.2. The van der Waals surface area contributed by atoms with E-state index < -0.39 is 0 Å². The first-order chi connectivity index (χ1) is 13.7. The molecule has 0 bridgehead atoms. The van der Waals surface area contributed by atoms with Crippen LogP contribution in [0.5, 0.6) is 0 Å². The number of amides is 1. The molecule has 6 nitrogen and oxygen atoms in total. The number of carbonyl (C=O) groups excluding carboxylic acids is 1. The predicted molar refractivity (Wildman–Crippen MR) is 112 cm³/mol. The Kier molecular flexibility index (Phi) is 5.67. The van der Waals surface area contributed by atoms with Crippen molar-refractivity contribution in [2.24, 2.45) is 0 Å². The number of thioether (sulfide) groups is 1. The van der Waals surface area contributed by atoms with E-state index in [1.807, 2.05) is 17.5 Å². The van der Waals surface area contributed by atoms with Crippen LogP contribution in [0.1, 0.15) is 30.9 Å². The van der Waals surface area contributed by atoms with E-state index in [4.69, 9.17) is 16.9 Å². The number of thiophene rings is 1. The standard InChI is InChI=1S/C19H16ClN5OS2/c20-15-10-13(4-3-12(15)11-21)22-17(26)7-9-28-19-24-23-18(16-2-1-8-27-16)25(19)14-5-6-14/h1-4,8,10,14H,5-7,9H2,(H,22,26). The summed E-state index contributed by atoms with van der Waals surface area (Å²) in [6.45, 7) is 0. The van der Waals surface area contributed by atoms with Gasteiger partial charge in [-0.25, -0.2) is 0 Å². The summed E-state index contributed by atoms with van der Waals surface area (Å²) in [5.41, 5.74) is 0.969. The Balaban J connectivity index is 1.36. The monoisotopic (exact) mass is 429 g/mol. The van der Waals surface area contributed by atoms with E-state index in [0.717, 1.165) is 28.7 Å². The first kappa shape index (κ1) is 19.0. The lowest BCUT2D eigenvalue weighted by Crippen LogP contribution is -2.12. The molecule has 1 amide bonds. The van der Waals surface area contributed by atoms with Crippen molar-refractivity contribution in [3.05, 3.63) is 46.3 Å². The van der Waals surface area contributed by atoms with Crippen LogP contribution in [0.15, 0.2) is 40.9 Å². The molecule has 1 aliphatic carbocycles. The third-order valence-electron chi connectivity index (χ3n) is 4.25. The number of rotatable bonds is 7. The van der Waals surface area contributed by atoms with Crippen LogP contribution in [-0.4, -0.2) is 26.4 Å². The summed E-state index contributed by atoms with van der Waals surface area (Å²) >= 11 is 9.20. The van der Waals surface area contributed by atoms with Gasteiger partial charge in [0.25, 0.3) is 0 Å². The summed E-state index contributed by atoms with van der Waals surface area (Å²) in [6, 6.07) is 11.4. The average Bonchev–Trinajstić information content (AvgIpc) is 3.20. The van der Waals surface area contributed by atoms with Crippen molar-refractivity contribution in [1.82, 2.24) is 14.8 Å². The third kappa shape index (κ3) is 4.22. The number of nitrogens with zero attached hydrogens (tertiary/aromatic N) is 4. The van der Waals surface area contributed by atoms with Crippen LogP contribution in [0, 0.1) is 11.3 Å². The maximum atomic E-state index is 12.2. The van der Waals surface area contributed by atoms with E-state index >= 15 is 0 Å². The average molecular weight is 430 g/mol. The molecule has 0 aliphatic heterocycles. The van der Waals surface area contributed by atoms with Gasteiger partial charge in [-0.1, -0.05) is 29.4 Å². The number of anilines is 1. The maximum absolute atomic E-state index is 12.2. The van der Waals surface area contributed by atoms with Crippen molar-refractivity contribution in [2.45, 2.75) is 30.5 Å². The zero-order valence-corrected chi connectivity index (χ0v) is 17.2. The second kappa shape index (κ2) is 8.35. The lowest BCUT2D eigenvalue weighted by Gasteiger charge is -2.08. The van der Waals surface area contributed by atoms with Crippen molar-refractivity contribution in [1.29, 1.82) is 5.26 Å². The summed E-state index contributed by atoms with van der Waals surface area (Å²) in [7, 11) is 0. The molecule has 0 atom stereocenters. The maximum Gasteiger partial charge on any atom is 0.225 e. The Morgan fingerprint density at radius 2 is 2.25 bits per heavy atom. The molecule has 2 aromatic heterocycles. The highest BCUT2D eigenvalue weighted by molar-refractivity contribution is 7.99. The Hall–Kier alpha value is -2.34. The first-order valence-corrected chi connectivity index (χ1v) is 11.0. The molecule has 0 unspecified atom stereocenters. The summed E-state index contributed by atoms with van der Waals surface area (Å²) in [5.74, 6) is 1.41. The Bertz CT molecular complexity index is 1040. The minimum absolute atomic E-state index is 0.107. The van der Waals surface area contributed by atoms with Gasteiger partial charge in [-0.3, -0.25) is 9.36 Å². The van der Waals surface area contributed by atoms with Gasteiger partial charge < -0.3 is 5.32 Å². The highest BCUT2D eigenvalue weighted by atomic mass is 35.5. The van der Waals surface area contributed by atoms with E-state index in [-0.39, 0.29) is 5.91 Å². The number of halogens is 1. The van der Waals surface area contributed by atoms with E-state index in [1.165, 1.54) is 0 Å². The zero-order chi connectivity index (χ0) is 19.5. The van der Waals surface area contributed by atoms with E-state index in [0.29, 0.717) is 34.5 Å². The third-order valence-corrected chi connectivity index (χ3v) is 6.38. The van der Waals surface area contributed by atoms with Gasteiger partial charge in [0.1, 0.15) is 6.07 Å². The molecule has 0 spiro atoms. The van der Waals surface area contributed by atoms with Gasteiger partial charge >= 0.3 is 0 Å².